The van der Waals surface area contributed by atoms with Gasteiger partial charge < -0.3 is 23.4 Å². The predicted molar refractivity (Wildman–Crippen MR) is 198 cm³/mol. The van der Waals surface area contributed by atoms with E-state index in [0.717, 1.165) is 43.9 Å². The molecule has 1 aromatic heterocycles. The zero-order valence-electron chi connectivity index (χ0n) is 30.0. The van der Waals surface area contributed by atoms with Crippen molar-refractivity contribution in [3.05, 3.63) is 94.3 Å². The molecule has 4 heterocycles. The predicted octanol–water partition coefficient (Wildman–Crippen LogP) is 7.59. The minimum absolute atomic E-state index is 0.0366. The Morgan fingerprint density at radius 3 is 2.18 bits per heavy atom. The van der Waals surface area contributed by atoms with E-state index in [2.05, 4.69) is 11.8 Å². The van der Waals surface area contributed by atoms with Gasteiger partial charge in [0.1, 0.15) is 28.7 Å². The Kier molecular flexibility index (Phi) is 12.0. The van der Waals surface area contributed by atoms with Crippen LogP contribution in [0.25, 0.3) is 16.6 Å². The second-order valence-corrected chi connectivity index (χ2v) is 14.0. The van der Waals surface area contributed by atoms with E-state index in [1.807, 2.05) is 30.3 Å². The van der Waals surface area contributed by atoms with Gasteiger partial charge in [-0.05, 0) is 69.0 Å². The molecular formula is C41H51F2N4O4+. The van der Waals surface area contributed by atoms with Crippen molar-refractivity contribution >= 4 is 22.5 Å². The number of benzene rings is 3. The maximum Gasteiger partial charge on any atom is 0.263 e. The number of nitrogens with zero attached hydrogens (tertiary/aromatic N) is 4. The van der Waals surface area contributed by atoms with Crippen molar-refractivity contribution in [3.8, 4) is 17.2 Å². The summed E-state index contributed by atoms with van der Waals surface area (Å²) in [5.74, 6) is -0.963. The summed E-state index contributed by atoms with van der Waals surface area (Å²) in [6.07, 6.45) is 9.19. The van der Waals surface area contributed by atoms with Crippen LogP contribution >= 0.6 is 0 Å². The first-order chi connectivity index (χ1) is 24.8. The molecule has 272 valence electrons. The topological polar surface area (TPSA) is 64.0 Å². The monoisotopic (exact) mass is 701 g/mol. The molecule has 51 heavy (non-hydrogen) atoms. The van der Waals surface area contributed by atoms with Gasteiger partial charge in [-0.2, -0.15) is 0 Å². The van der Waals surface area contributed by atoms with Crippen LogP contribution in [0.5, 0.6) is 11.5 Å². The summed E-state index contributed by atoms with van der Waals surface area (Å²) in [7, 11) is 0. The number of hydrogen-bond acceptors (Lipinski definition) is 5. The van der Waals surface area contributed by atoms with Gasteiger partial charge in [0.15, 0.2) is 0 Å². The molecule has 0 N–H and O–H groups in total. The molecule has 3 saturated heterocycles. The number of anilines is 1. The summed E-state index contributed by atoms with van der Waals surface area (Å²) in [5, 5.41) is 0.327. The zero-order valence-corrected chi connectivity index (χ0v) is 30.0. The smallest absolute Gasteiger partial charge is 0.263 e. The summed E-state index contributed by atoms with van der Waals surface area (Å²) >= 11 is 0. The third-order valence-corrected chi connectivity index (χ3v) is 10.5. The molecule has 3 aliphatic heterocycles. The van der Waals surface area contributed by atoms with Crippen LogP contribution in [0.4, 0.5) is 14.5 Å². The van der Waals surface area contributed by atoms with E-state index in [1.54, 1.807) is 23.6 Å². The van der Waals surface area contributed by atoms with Gasteiger partial charge in [-0.1, -0.05) is 32.3 Å². The first-order valence-electron chi connectivity index (χ1n) is 18.7. The third kappa shape index (κ3) is 8.79. The second-order valence-electron chi connectivity index (χ2n) is 14.0. The largest absolute Gasteiger partial charge is 0.494 e. The third-order valence-electron chi connectivity index (χ3n) is 10.5. The highest BCUT2D eigenvalue weighted by molar-refractivity contribution is 6.07. The number of halogens is 2. The normalized spacial score (nSPS) is 18.2. The van der Waals surface area contributed by atoms with Crippen molar-refractivity contribution in [1.82, 2.24) is 9.47 Å². The van der Waals surface area contributed by atoms with Gasteiger partial charge in [0, 0.05) is 67.3 Å². The molecule has 0 spiro atoms. The summed E-state index contributed by atoms with van der Waals surface area (Å²) in [6.45, 7) is 14.1. The van der Waals surface area contributed by atoms with Crippen LogP contribution in [0.15, 0.2) is 71.7 Å². The van der Waals surface area contributed by atoms with Gasteiger partial charge in [0.25, 0.3) is 5.91 Å². The van der Waals surface area contributed by atoms with Crippen molar-refractivity contribution in [1.29, 1.82) is 0 Å². The molecule has 3 fully saturated rings. The minimum Gasteiger partial charge on any atom is -0.494 e. The number of carbonyl (C=O) groups excluding carboxylic acids is 1. The van der Waals surface area contributed by atoms with Crippen molar-refractivity contribution < 1.29 is 27.5 Å². The van der Waals surface area contributed by atoms with Crippen molar-refractivity contribution in [2.24, 2.45) is 0 Å². The number of amides is 1. The van der Waals surface area contributed by atoms with Crippen LogP contribution in [0, 0.1) is 11.6 Å². The van der Waals surface area contributed by atoms with Crippen molar-refractivity contribution in [2.75, 3.05) is 70.5 Å². The van der Waals surface area contributed by atoms with E-state index >= 15 is 0 Å². The van der Waals surface area contributed by atoms with E-state index in [9.17, 15) is 18.4 Å². The van der Waals surface area contributed by atoms with Gasteiger partial charge in [-0.15, -0.1) is 0 Å². The molecule has 10 heteroatoms. The molecule has 0 saturated carbocycles. The first kappa shape index (κ1) is 36.5. The minimum atomic E-state index is -0.807. The average molecular weight is 702 g/mol. The van der Waals surface area contributed by atoms with Gasteiger partial charge in [0.05, 0.1) is 44.9 Å². The Labute approximate surface area is 299 Å². The van der Waals surface area contributed by atoms with E-state index in [4.69, 9.17) is 9.47 Å². The fourth-order valence-electron chi connectivity index (χ4n) is 7.44. The zero-order chi connectivity index (χ0) is 35.8. The molecule has 2 bridgehead atoms. The molecule has 4 aromatic rings. The van der Waals surface area contributed by atoms with Gasteiger partial charge in [-0.3, -0.25) is 14.5 Å². The number of pyridine rings is 1. The van der Waals surface area contributed by atoms with Crippen molar-refractivity contribution in [3.63, 3.8) is 0 Å². The lowest BCUT2D eigenvalue weighted by atomic mass is 10.1. The summed E-state index contributed by atoms with van der Waals surface area (Å²) in [5.41, 5.74) is 0.713. The molecule has 0 atom stereocenters. The number of piperazine rings is 3. The molecule has 1 amide bonds. The fourth-order valence-corrected chi connectivity index (χ4v) is 7.44. The molecule has 8 nitrogen and oxygen atoms in total. The molecular weight excluding hydrogens is 650 g/mol. The number of ether oxygens (including phenoxy) is 2. The van der Waals surface area contributed by atoms with E-state index in [0.29, 0.717) is 41.3 Å². The standard InChI is InChI=1S/C41H51F2N4O4/c1-3-5-23-50-35-13-11-12-33(28-35)46-30-38(41(49)45(4-2)34-26-31(42)25-32(43)27-34)40(48)37-15-14-36(29-39(37)46)51-24-10-8-6-7-9-19-47-20-16-44(17-21-47)18-22-47/h11-15,25-30H,3-10,16-24H2,1-2H3/q+1. The van der Waals surface area contributed by atoms with E-state index in [1.165, 1.54) is 80.7 Å². The highest BCUT2D eigenvalue weighted by Crippen LogP contribution is 2.27. The number of rotatable bonds is 17. The molecule has 0 radical (unpaired) electrons. The lowest BCUT2D eigenvalue weighted by Crippen LogP contribution is -2.67. The number of quaternary nitrogens is 1. The lowest BCUT2D eigenvalue weighted by molar-refractivity contribution is -0.941. The number of hydrogen-bond donors (Lipinski definition) is 0. The van der Waals surface area contributed by atoms with Crippen LogP contribution in [0.1, 0.15) is 69.2 Å². The van der Waals surface area contributed by atoms with Gasteiger partial charge in [-0.25, -0.2) is 8.78 Å². The van der Waals surface area contributed by atoms with Gasteiger partial charge in [0.2, 0.25) is 5.43 Å². The Morgan fingerprint density at radius 2 is 1.47 bits per heavy atom. The molecule has 3 aliphatic rings. The average Bonchev–Trinajstić information content (AvgIpc) is 3.14. The Hall–Kier alpha value is -4.28. The molecule has 7 rings (SSSR count). The summed E-state index contributed by atoms with van der Waals surface area (Å²) < 4.78 is 43.6. The lowest BCUT2D eigenvalue weighted by Gasteiger charge is -2.50. The summed E-state index contributed by atoms with van der Waals surface area (Å²) in [6, 6.07) is 15.7. The van der Waals surface area contributed by atoms with Gasteiger partial charge >= 0.3 is 0 Å². The highest BCUT2D eigenvalue weighted by Gasteiger charge is 2.37. The van der Waals surface area contributed by atoms with Crippen LogP contribution < -0.4 is 19.8 Å². The number of fused-ring (bicyclic) bond motifs is 4. The fraction of sp³-hybridized carbons (Fsp3) is 0.463. The Balaban J connectivity index is 1.19. The summed E-state index contributed by atoms with van der Waals surface area (Å²) in [4.78, 5) is 31.7. The van der Waals surface area contributed by atoms with Crippen LogP contribution in [-0.2, 0) is 0 Å². The van der Waals surface area contributed by atoms with Crippen LogP contribution in [-0.4, -0.2) is 85.4 Å². The van der Waals surface area contributed by atoms with E-state index in [-0.39, 0.29) is 17.8 Å². The van der Waals surface area contributed by atoms with Crippen LogP contribution in [0.2, 0.25) is 0 Å². The quantitative estimate of drug-likeness (QED) is 0.0839. The van der Waals surface area contributed by atoms with E-state index < -0.39 is 23.0 Å². The second kappa shape index (κ2) is 16.8. The number of unbranched alkanes of at least 4 members (excludes halogenated alkanes) is 5. The Bertz CT molecular complexity index is 1840. The maximum absolute atomic E-state index is 14.2. The number of aromatic nitrogens is 1. The SMILES string of the molecule is CCCCOc1cccc(-n2cc(C(=O)N(CC)c3cc(F)cc(F)c3)c(=O)c3ccc(OCCCCCCC[N+]45CCN(CC4)CC5)cc32)c1. The first-order valence-corrected chi connectivity index (χ1v) is 18.7. The maximum atomic E-state index is 14.2. The van der Waals surface area contributed by atoms with Crippen molar-refractivity contribution in [2.45, 2.75) is 58.8 Å². The molecule has 0 aliphatic carbocycles. The highest BCUT2D eigenvalue weighted by atomic mass is 19.1. The molecule has 3 aromatic carbocycles. The molecule has 0 unspecified atom stereocenters. The number of carbonyl (C=O) groups is 1. The van der Waals surface area contributed by atoms with Crippen LogP contribution in [0.3, 0.4) is 0 Å². The Morgan fingerprint density at radius 1 is 0.804 bits per heavy atom.